The van der Waals surface area contributed by atoms with Crippen molar-refractivity contribution >= 4 is 23.2 Å². The number of hydrogen-bond acceptors (Lipinski definition) is 1. The first-order chi connectivity index (χ1) is 7.02. The molecule has 15 heavy (non-hydrogen) atoms. The molecule has 0 aliphatic rings. The van der Waals surface area contributed by atoms with E-state index < -0.39 is 0 Å². The van der Waals surface area contributed by atoms with Crippen LogP contribution in [0.2, 0.25) is 10.0 Å². The van der Waals surface area contributed by atoms with Gasteiger partial charge in [-0.05, 0) is 24.5 Å². The van der Waals surface area contributed by atoms with Gasteiger partial charge >= 0.3 is 0 Å². The molecule has 0 saturated heterocycles. The first-order valence-electron chi connectivity index (χ1n) is 5.18. The Kier molecular flexibility index (Phi) is 4.91. The third-order valence-corrected chi connectivity index (χ3v) is 3.50. The number of hydrogen-bond donors (Lipinski definition) is 1. The molecule has 1 unspecified atom stereocenters. The molecule has 0 aromatic heterocycles. The second-order valence-corrected chi connectivity index (χ2v) is 4.91. The molecule has 1 rings (SSSR count). The van der Waals surface area contributed by atoms with Crippen LogP contribution in [0.3, 0.4) is 0 Å². The highest BCUT2D eigenvalue weighted by Crippen LogP contribution is 2.25. The van der Waals surface area contributed by atoms with Crippen LogP contribution < -0.4 is 5.32 Å². The Labute approximate surface area is 102 Å². The van der Waals surface area contributed by atoms with Crippen LogP contribution in [0.1, 0.15) is 26.3 Å². The predicted molar refractivity (Wildman–Crippen MR) is 67.6 cm³/mol. The van der Waals surface area contributed by atoms with E-state index >= 15 is 0 Å². The molecular weight excluding hydrogens is 229 g/mol. The molecule has 84 valence electrons. The molecule has 0 radical (unpaired) electrons. The Hall–Kier alpha value is -0.240. The molecule has 3 heteroatoms. The number of nitrogens with one attached hydrogen (secondary N) is 1. The molecule has 1 N–H and O–H groups in total. The third-order valence-electron chi connectivity index (χ3n) is 2.65. The molecule has 1 nitrogen and oxygen atoms in total. The quantitative estimate of drug-likeness (QED) is 0.842. The number of halogens is 2. The molecular formula is C12H17Cl2N. The van der Waals surface area contributed by atoms with Gasteiger partial charge in [-0.15, -0.1) is 0 Å². The van der Waals surface area contributed by atoms with E-state index in [1.54, 1.807) is 6.07 Å². The Bertz CT molecular complexity index is 323. The molecule has 0 saturated carbocycles. The molecule has 0 spiro atoms. The minimum Gasteiger partial charge on any atom is -0.310 e. The molecule has 0 aliphatic carbocycles. The highest BCUT2D eigenvalue weighted by atomic mass is 35.5. The van der Waals surface area contributed by atoms with E-state index in [0.717, 1.165) is 12.1 Å². The standard InChI is InChI=1S/C12H17Cl2N/c1-8(2)9(3)15-7-10-5-4-6-11(13)12(10)14/h4-6,8-9,15H,7H2,1-3H3. The van der Waals surface area contributed by atoms with Crippen molar-refractivity contribution in [2.24, 2.45) is 5.92 Å². The van der Waals surface area contributed by atoms with Crippen molar-refractivity contribution in [3.8, 4) is 0 Å². The monoisotopic (exact) mass is 245 g/mol. The van der Waals surface area contributed by atoms with Crippen LogP contribution in [-0.4, -0.2) is 6.04 Å². The van der Waals surface area contributed by atoms with Gasteiger partial charge in [0.15, 0.2) is 0 Å². The first kappa shape index (κ1) is 12.8. The molecule has 1 atom stereocenters. The van der Waals surface area contributed by atoms with Gasteiger partial charge in [-0.3, -0.25) is 0 Å². The van der Waals surface area contributed by atoms with Crippen LogP contribution in [0.25, 0.3) is 0 Å². The van der Waals surface area contributed by atoms with E-state index in [-0.39, 0.29) is 0 Å². The summed E-state index contributed by atoms with van der Waals surface area (Å²) in [6, 6.07) is 6.19. The van der Waals surface area contributed by atoms with Crippen LogP contribution in [0.5, 0.6) is 0 Å². The summed E-state index contributed by atoms with van der Waals surface area (Å²) in [7, 11) is 0. The summed E-state index contributed by atoms with van der Waals surface area (Å²) < 4.78 is 0. The Morgan fingerprint density at radius 1 is 1.20 bits per heavy atom. The van der Waals surface area contributed by atoms with Gasteiger partial charge in [-0.2, -0.15) is 0 Å². The van der Waals surface area contributed by atoms with Gasteiger partial charge in [-0.1, -0.05) is 49.2 Å². The highest BCUT2D eigenvalue weighted by Gasteiger charge is 2.08. The van der Waals surface area contributed by atoms with Gasteiger partial charge in [0.05, 0.1) is 10.0 Å². The third kappa shape index (κ3) is 3.67. The smallest absolute Gasteiger partial charge is 0.0637 e. The molecule has 1 aromatic rings. The van der Waals surface area contributed by atoms with Gasteiger partial charge in [-0.25, -0.2) is 0 Å². The van der Waals surface area contributed by atoms with Gasteiger partial charge in [0.1, 0.15) is 0 Å². The van der Waals surface area contributed by atoms with E-state index in [1.807, 2.05) is 12.1 Å². The number of benzene rings is 1. The topological polar surface area (TPSA) is 12.0 Å². The minimum absolute atomic E-state index is 0.472. The maximum atomic E-state index is 6.08. The van der Waals surface area contributed by atoms with Gasteiger partial charge in [0.25, 0.3) is 0 Å². The molecule has 0 amide bonds. The first-order valence-corrected chi connectivity index (χ1v) is 5.94. The van der Waals surface area contributed by atoms with Crippen molar-refractivity contribution in [1.82, 2.24) is 5.32 Å². The molecule has 1 aromatic carbocycles. The van der Waals surface area contributed by atoms with Crippen LogP contribution in [0.15, 0.2) is 18.2 Å². The van der Waals surface area contributed by atoms with E-state index in [2.05, 4.69) is 26.1 Å². The number of rotatable bonds is 4. The second kappa shape index (κ2) is 5.74. The fourth-order valence-electron chi connectivity index (χ4n) is 1.19. The Morgan fingerprint density at radius 3 is 2.47 bits per heavy atom. The summed E-state index contributed by atoms with van der Waals surface area (Å²) in [4.78, 5) is 0. The summed E-state index contributed by atoms with van der Waals surface area (Å²) in [5, 5.41) is 4.70. The lowest BCUT2D eigenvalue weighted by Gasteiger charge is -2.18. The zero-order valence-electron chi connectivity index (χ0n) is 9.35. The molecule has 0 fully saturated rings. The van der Waals surface area contributed by atoms with Gasteiger partial charge < -0.3 is 5.32 Å². The van der Waals surface area contributed by atoms with Crippen molar-refractivity contribution in [2.45, 2.75) is 33.4 Å². The van der Waals surface area contributed by atoms with Crippen LogP contribution in [0, 0.1) is 5.92 Å². The largest absolute Gasteiger partial charge is 0.310 e. The van der Waals surface area contributed by atoms with Crippen molar-refractivity contribution < 1.29 is 0 Å². The fraction of sp³-hybridized carbons (Fsp3) is 0.500. The summed E-state index contributed by atoms with van der Waals surface area (Å²) in [6.45, 7) is 7.32. The van der Waals surface area contributed by atoms with E-state index in [9.17, 15) is 0 Å². The van der Waals surface area contributed by atoms with Crippen molar-refractivity contribution in [1.29, 1.82) is 0 Å². The SMILES string of the molecule is CC(C)C(C)NCc1cccc(Cl)c1Cl. The van der Waals surface area contributed by atoms with E-state index in [1.165, 1.54) is 0 Å². The zero-order valence-corrected chi connectivity index (χ0v) is 10.9. The van der Waals surface area contributed by atoms with Crippen molar-refractivity contribution in [2.75, 3.05) is 0 Å². The molecule has 0 aliphatic heterocycles. The van der Waals surface area contributed by atoms with Crippen molar-refractivity contribution in [3.05, 3.63) is 33.8 Å². The van der Waals surface area contributed by atoms with E-state index in [0.29, 0.717) is 22.0 Å². The highest BCUT2D eigenvalue weighted by molar-refractivity contribution is 6.42. The van der Waals surface area contributed by atoms with Crippen LogP contribution in [0.4, 0.5) is 0 Å². The molecule has 0 heterocycles. The lowest BCUT2D eigenvalue weighted by molar-refractivity contribution is 0.426. The maximum absolute atomic E-state index is 6.08. The average molecular weight is 246 g/mol. The summed E-state index contributed by atoms with van der Waals surface area (Å²) >= 11 is 12.0. The summed E-state index contributed by atoms with van der Waals surface area (Å²) in [5.41, 5.74) is 1.05. The Balaban J connectivity index is 2.62. The fourth-order valence-corrected chi connectivity index (χ4v) is 1.58. The average Bonchev–Trinajstić information content (AvgIpc) is 2.19. The lowest BCUT2D eigenvalue weighted by Crippen LogP contribution is -2.30. The zero-order chi connectivity index (χ0) is 11.4. The Morgan fingerprint density at radius 2 is 1.87 bits per heavy atom. The maximum Gasteiger partial charge on any atom is 0.0637 e. The summed E-state index contributed by atoms with van der Waals surface area (Å²) in [5.74, 6) is 0.614. The molecule has 0 bridgehead atoms. The van der Waals surface area contributed by atoms with Crippen LogP contribution >= 0.6 is 23.2 Å². The summed E-state index contributed by atoms with van der Waals surface area (Å²) in [6.07, 6.45) is 0. The minimum atomic E-state index is 0.472. The normalized spacial score (nSPS) is 13.2. The van der Waals surface area contributed by atoms with E-state index in [4.69, 9.17) is 23.2 Å². The van der Waals surface area contributed by atoms with Crippen molar-refractivity contribution in [3.63, 3.8) is 0 Å². The van der Waals surface area contributed by atoms with Crippen LogP contribution in [-0.2, 0) is 6.54 Å². The lowest BCUT2D eigenvalue weighted by atomic mass is 10.1. The van der Waals surface area contributed by atoms with Gasteiger partial charge in [0.2, 0.25) is 0 Å². The predicted octanol–water partition coefficient (Wildman–Crippen LogP) is 4.13. The van der Waals surface area contributed by atoms with Gasteiger partial charge in [0, 0.05) is 12.6 Å². The second-order valence-electron chi connectivity index (χ2n) is 4.13.